The Morgan fingerprint density at radius 3 is 2.38 bits per heavy atom. The Labute approximate surface area is 170 Å². The lowest BCUT2D eigenvalue weighted by atomic mass is 10.00. The van der Waals surface area contributed by atoms with Crippen LogP contribution in [-0.2, 0) is 6.42 Å². The van der Waals surface area contributed by atoms with Crippen LogP contribution in [0.25, 0.3) is 11.1 Å². The standard InChI is InChI=1S/C24H21N3O2/c1-17(24(28)11-4-18-3-2-12-27-16-18)29-23-9-7-19(8-10-23)20-5-6-21(14-25)22(13-20)15-26/h2-3,5-10,12-13,16-17,24,28H,4,11H2,1H3/t17-,24?/m0/s1. The van der Waals surface area contributed by atoms with Crippen molar-refractivity contribution in [2.45, 2.75) is 32.0 Å². The maximum Gasteiger partial charge on any atom is 0.122 e. The Balaban J connectivity index is 1.61. The highest BCUT2D eigenvalue weighted by atomic mass is 16.5. The minimum absolute atomic E-state index is 0.349. The van der Waals surface area contributed by atoms with Gasteiger partial charge in [-0.15, -0.1) is 0 Å². The first kappa shape index (κ1) is 20.1. The van der Waals surface area contributed by atoms with Crippen molar-refractivity contribution in [3.63, 3.8) is 0 Å². The van der Waals surface area contributed by atoms with Crippen LogP contribution in [0.2, 0.25) is 0 Å². The van der Waals surface area contributed by atoms with Gasteiger partial charge in [0.1, 0.15) is 24.0 Å². The average molecular weight is 383 g/mol. The minimum atomic E-state index is -0.591. The molecule has 0 aliphatic rings. The first-order chi connectivity index (χ1) is 14.1. The molecule has 1 N–H and O–H groups in total. The van der Waals surface area contributed by atoms with E-state index in [2.05, 4.69) is 11.1 Å². The Morgan fingerprint density at radius 2 is 1.72 bits per heavy atom. The van der Waals surface area contributed by atoms with E-state index in [9.17, 15) is 10.4 Å². The van der Waals surface area contributed by atoms with E-state index in [1.165, 1.54) is 0 Å². The average Bonchev–Trinajstić information content (AvgIpc) is 2.78. The van der Waals surface area contributed by atoms with E-state index in [-0.39, 0.29) is 6.10 Å². The van der Waals surface area contributed by atoms with Crippen LogP contribution in [0.5, 0.6) is 5.75 Å². The van der Waals surface area contributed by atoms with Gasteiger partial charge in [0.15, 0.2) is 0 Å². The molecule has 0 radical (unpaired) electrons. The highest BCUT2D eigenvalue weighted by Crippen LogP contribution is 2.25. The van der Waals surface area contributed by atoms with Gasteiger partial charge in [0.05, 0.1) is 17.2 Å². The van der Waals surface area contributed by atoms with Crippen LogP contribution in [-0.4, -0.2) is 22.3 Å². The third-order valence-electron chi connectivity index (χ3n) is 4.76. The normalized spacial score (nSPS) is 12.4. The number of hydrogen-bond acceptors (Lipinski definition) is 5. The van der Waals surface area contributed by atoms with Gasteiger partial charge in [0.25, 0.3) is 0 Å². The summed E-state index contributed by atoms with van der Waals surface area (Å²) in [6, 6.07) is 20.6. The van der Waals surface area contributed by atoms with Gasteiger partial charge in [-0.05, 0) is 66.8 Å². The first-order valence-electron chi connectivity index (χ1n) is 9.39. The van der Waals surface area contributed by atoms with Gasteiger partial charge in [-0.25, -0.2) is 0 Å². The minimum Gasteiger partial charge on any atom is -0.488 e. The second kappa shape index (κ2) is 9.50. The number of nitriles is 2. The molecule has 0 amide bonds. The molecule has 3 rings (SSSR count). The van der Waals surface area contributed by atoms with Gasteiger partial charge in [-0.3, -0.25) is 4.98 Å². The van der Waals surface area contributed by atoms with Gasteiger partial charge < -0.3 is 9.84 Å². The zero-order valence-corrected chi connectivity index (χ0v) is 16.1. The molecule has 1 heterocycles. The molecule has 0 aliphatic heterocycles. The van der Waals surface area contributed by atoms with E-state index in [1.54, 1.807) is 24.5 Å². The molecule has 5 nitrogen and oxygen atoms in total. The largest absolute Gasteiger partial charge is 0.488 e. The summed E-state index contributed by atoms with van der Waals surface area (Å²) in [6.45, 7) is 1.85. The smallest absolute Gasteiger partial charge is 0.122 e. The van der Waals surface area contributed by atoms with Crippen LogP contribution in [0, 0.1) is 22.7 Å². The number of rotatable bonds is 7. The molecule has 5 heteroatoms. The van der Waals surface area contributed by atoms with Crippen molar-refractivity contribution in [1.29, 1.82) is 10.5 Å². The van der Waals surface area contributed by atoms with Gasteiger partial charge in [0.2, 0.25) is 0 Å². The molecule has 0 saturated carbocycles. The SMILES string of the molecule is C[C@H](Oc1ccc(-c2ccc(C#N)c(C#N)c2)cc1)C(O)CCc1cccnc1. The molecule has 29 heavy (non-hydrogen) atoms. The number of ether oxygens (including phenoxy) is 1. The van der Waals surface area contributed by atoms with Gasteiger partial charge in [-0.1, -0.05) is 24.3 Å². The number of aliphatic hydroxyl groups excluding tert-OH is 1. The van der Waals surface area contributed by atoms with Crippen molar-refractivity contribution >= 4 is 0 Å². The van der Waals surface area contributed by atoms with Crippen LogP contribution >= 0.6 is 0 Å². The molecular weight excluding hydrogens is 362 g/mol. The van der Waals surface area contributed by atoms with Crippen molar-refractivity contribution in [2.75, 3.05) is 0 Å². The molecule has 1 unspecified atom stereocenters. The number of aliphatic hydroxyl groups is 1. The lowest BCUT2D eigenvalue weighted by Crippen LogP contribution is -2.29. The molecule has 2 atom stereocenters. The number of aryl methyl sites for hydroxylation is 1. The Bertz CT molecular complexity index is 1030. The Morgan fingerprint density at radius 1 is 1.00 bits per heavy atom. The zero-order chi connectivity index (χ0) is 20.6. The Hall–Kier alpha value is -3.67. The summed E-state index contributed by atoms with van der Waals surface area (Å²) < 4.78 is 5.88. The number of benzene rings is 2. The number of hydrogen-bond donors (Lipinski definition) is 1. The molecular formula is C24H21N3O2. The molecule has 0 saturated heterocycles. The summed E-state index contributed by atoms with van der Waals surface area (Å²) in [5, 5.41) is 28.6. The van der Waals surface area contributed by atoms with Crippen molar-refractivity contribution in [2.24, 2.45) is 0 Å². The molecule has 2 aromatic carbocycles. The van der Waals surface area contributed by atoms with Gasteiger partial charge >= 0.3 is 0 Å². The predicted molar refractivity (Wildman–Crippen MR) is 110 cm³/mol. The number of pyridine rings is 1. The van der Waals surface area contributed by atoms with Crippen molar-refractivity contribution < 1.29 is 9.84 Å². The maximum atomic E-state index is 10.4. The fourth-order valence-electron chi connectivity index (χ4n) is 3.03. The summed E-state index contributed by atoms with van der Waals surface area (Å²) in [4.78, 5) is 4.08. The van der Waals surface area contributed by atoms with Crippen molar-refractivity contribution in [3.05, 3.63) is 83.7 Å². The first-order valence-corrected chi connectivity index (χ1v) is 9.39. The van der Waals surface area contributed by atoms with Gasteiger partial charge in [-0.2, -0.15) is 10.5 Å². The summed E-state index contributed by atoms with van der Waals surface area (Å²) >= 11 is 0. The molecule has 0 aliphatic carbocycles. The van der Waals surface area contributed by atoms with Crippen LogP contribution in [0.3, 0.4) is 0 Å². The fraction of sp³-hybridized carbons (Fsp3) is 0.208. The quantitative estimate of drug-likeness (QED) is 0.659. The van der Waals surface area contributed by atoms with Crippen LogP contribution in [0.1, 0.15) is 30.0 Å². The molecule has 144 valence electrons. The lowest BCUT2D eigenvalue weighted by Gasteiger charge is -2.20. The van der Waals surface area contributed by atoms with Crippen LogP contribution in [0.4, 0.5) is 0 Å². The molecule has 0 spiro atoms. The fourth-order valence-corrected chi connectivity index (χ4v) is 3.03. The van der Waals surface area contributed by atoms with E-state index < -0.39 is 6.10 Å². The van der Waals surface area contributed by atoms with Crippen molar-refractivity contribution in [3.8, 4) is 29.0 Å². The van der Waals surface area contributed by atoms with E-state index in [4.69, 9.17) is 10.00 Å². The number of nitrogens with zero attached hydrogens (tertiary/aromatic N) is 3. The zero-order valence-electron chi connectivity index (χ0n) is 16.1. The van der Waals surface area contributed by atoms with Gasteiger partial charge in [0, 0.05) is 12.4 Å². The molecule has 3 aromatic rings. The molecule has 0 fully saturated rings. The summed E-state index contributed by atoms with van der Waals surface area (Å²) in [6.07, 6.45) is 3.92. The predicted octanol–water partition coefficient (Wildman–Crippen LogP) is 4.25. The Kier molecular flexibility index (Phi) is 6.58. The highest BCUT2D eigenvalue weighted by molar-refractivity contribution is 5.67. The monoisotopic (exact) mass is 383 g/mol. The lowest BCUT2D eigenvalue weighted by molar-refractivity contribution is 0.0420. The van der Waals surface area contributed by atoms with Crippen molar-refractivity contribution in [1.82, 2.24) is 4.98 Å². The highest BCUT2D eigenvalue weighted by Gasteiger charge is 2.16. The number of aromatic nitrogens is 1. The third-order valence-corrected chi connectivity index (χ3v) is 4.76. The van der Waals surface area contributed by atoms with E-state index in [0.717, 1.165) is 23.1 Å². The maximum absolute atomic E-state index is 10.4. The van der Waals surface area contributed by atoms with Crippen LogP contribution in [0.15, 0.2) is 67.0 Å². The second-order valence-corrected chi connectivity index (χ2v) is 6.80. The van der Waals surface area contributed by atoms with E-state index in [1.807, 2.05) is 55.5 Å². The molecule has 1 aromatic heterocycles. The van der Waals surface area contributed by atoms with Crippen LogP contribution < -0.4 is 4.74 Å². The topological polar surface area (TPSA) is 89.9 Å². The van der Waals surface area contributed by atoms with E-state index >= 15 is 0 Å². The summed E-state index contributed by atoms with van der Waals surface area (Å²) in [5.74, 6) is 0.663. The third kappa shape index (κ3) is 5.19. The van der Waals surface area contributed by atoms with E-state index in [0.29, 0.717) is 23.3 Å². The second-order valence-electron chi connectivity index (χ2n) is 6.80. The molecule has 0 bridgehead atoms. The summed E-state index contributed by atoms with van der Waals surface area (Å²) in [7, 11) is 0. The summed E-state index contributed by atoms with van der Waals surface area (Å²) in [5.41, 5.74) is 3.59.